The lowest BCUT2D eigenvalue weighted by atomic mass is 9.83. The average Bonchev–Trinajstić information content (AvgIpc) is 2.82. The SMILES string of the molecule is CSCN[C@H]1CCCN(C(=O)CN(C)C(C)=O)[C@H]1COC1CCC(c2ccccc2)CC1. The minimum absolute atomic E-state index is 0.00982. The van der Waals surface area contributed by atoms with Crippen molar-refractivity contribution in [3.8, 4) is 0 Å². The van der Waals surface area contributed by atoms with E-state index in [9.17, 15) is 9.59 Å². The zero-order valence-corrected chi connectivity index (χ0v) is 20.6. The zero-order chi connectivity index (χ0) is 22.9. The number of carbonyl (C=O) groups is 2. The number of likely N-dealkylation sites (tertiary alicyclic amines) is 1. The summed E-state index contributed by atoms with van der Waals surface area (Å²) in [5, 5.41) is 3.61. The highest BCUT2D eigenvalue weighted by molar-refractivity contribution is 7.98. The summed E-state index contributed by atoms with van der Waals surface area (Å²) in [5.74, 6) is 1.41. The number of nitrogens with zero attached hydrogens (tertiary/aromatic N) is 2. The number of benzene rings is 1. The van der Waals surface area contributed by atoms with Crippen LogP contribution in [0.25, 0.3) is 0 Å². The summed E-state index contributed by atoms with van der Waals surface area (Å²) in [4.78, 5) is 28.1. The maximum atomic E-state index is 13.0. The van der Waals surface area contributed by atoms with E-state index in [1.807, 2.05) is 4.90 Å². The molecule has 178 valence electrons. The van der Waals surface area contributed by atoms with Crippen molar-refractivity contribution in [1.29, 1.82) is 0 Å². The van der Waals surface area contributed by atoms with Crippen LogP contribution in [0.5, 0.6) is 0 Å². The molecule has 2 amide bonds. The van der Waals surface area contributed by atoms with Gasteiger partial charge < -0.3 is 19.9 Å². The second-order valence-electron chi connectivity index (χ2n) is 9.13. The second kappa shape index (κ2) is 12.6. The van der Waals surface area contributed by atoms with Crippen LogP contribution in [0, 0.1) is 0 Å². The maximum Gasteiger partial charge on any atom is 0.242 e. The molecule has 0 bridgehead atoms. The van der Waals surface area contributed by atoms with Crippen molar-refractivity contribution < 1.29 is 14.3 Å². The zero-order valence-electron chi connectivity index (χ0n) is 19.8. The van der Waals surface area contributed by atoms with Crippen LogP contribution in [0.2, 0.25) is 0 Å². The van der Waals surface area contributed by atoms with Crippen LogP contribution in [-0.2, 0) is 14.3 Å². The van der Waals surface area contributed by atoms with Crippen LogP contribution in [-0.4, -0.2) is 78.7 Å². The number of nitrogens with one attached hydrogen (secondary N) is 1. The fourth-order valence-electron chi connectivity index (χ4n) is 4.93. The van der Waals surface area contributed by atoms with Crippen LogP contribution in [0.4, 0.5) is 0 Å². The number of thioether (sulfide) groups is 1. The van der Waals surface area contributed by atoms with Crippen molar-refractivity contribution in [2.75, 3.05) is 38.9 Å². The number of amides is 2. The number of piperidine rings is 1. The van der Waals surface area contributed by atoms with Crippen LogP contribution >= 0.6 is 11.8 Å². The third kappa shape index (κ3) is 6.96. The van der Waals surface area contributed by atoms with Gasteiger partial charge in [0.15, 0.2) is 0 Å². The maximum absolute atomic E-state index is 13.0. The fourth-order valence-corrected chi connectivity index (χ4v) is 5.31. The Labute approximate surface area is 197 Å². The number of ether oxygens (including phenoxy) is 1. The first-order valence-corrected chi connectivity index (χ1v) is 13.3. The van der Waals surface area contributed by atoms with E-state index >= 15 is 0 Å². The summed E-state index contributed by atoms with van der Waals surface area (Å²) in [6.45, 7) is 2.92. The van der Waals surface area contributed by atoms with E-state index in [1.165, 1.54) is 17.4 Å². The van der Waals surface area contributed by atoms with Gasteiger partial charge in [-0.05, 0) is 56.3 Å². The lowest BCUT2D eigenvalue weighted by molar-refractivity contribution is -0.143. The van der Waals surface area contributed by atoms with E-state index in [0.717, 1.165) is 50.9 Å². The molecule has 32 heavy (non-hydrogen) atoms. The number of hydrogen-bond donors (Lipinski definition) is 1. The molecule has 6 nitrogen and oxygen atoms in total. The molecule has 0 spiro atoms. The van der Waals surface area contributed by atoms with Crippen molar-refractivity contribution >= 4 is 23.6 Å². The molecule has 7 heteroatoms. The van der Waals surface area contributed by atoms with Gasteiger partial charge in [-0.2, -0.15) is 0 Å². The van der Waals surface area contributed by atoms with Gasteiger partial charge in [0.05, 0.1) is 25.3 Å². The lowest BCUT2D eigenvalue weighted by Gasteiger charge is -2.43. The van der Waals surface area contributed by atoms with Gasteiger partial charge in [0, 0.05) is 32.4 Å². The summed E-state index contributed by atoms with van der Waals surface area (Å²) in [6.07, 6.45) is 8.79. The highest BCUT2D eigenvalue weighted by Crippen LogP contribution is 2.34. The summed E-state index contributed by atoms with van der Waals surface area (Å²) in [6, 6.07) is 11.0. The smallest absolute Gasteiger partial charge is 0.242 e. The van der Waals surface area contributed by atoms with Crippen molar-refractivity contribution in [3.63, 3.8) is 0 Å². The van der Waals surface area contributed by atoms with Gasteiger partial charge in [-0.25, -0.2) is 0 Å². The Morgan fingerprint density at radius 1 is 1.16 bits per heavy atom. The Hall–Kier alpha value is -1.57. The lowest BCUT2D eigenvalue weighted by Crippen LogP contribution is -2.59. The summed E-state index contributed by atoms with van der Waals surface area (Å²) in [7, 11) is 1.68. The first kappa shape index (κ1) is 25.1. The van der Waals surface area contributed by atoms with Crippen LogP contribution in [0.1, 0.15) is 56.9 Å². The van der Waals surface area contributed by atoms with Gasteiger partial charge in [-0.15, -0.1) is 11.8 Å². The normalized spacial score (nSPS) is 26.0. The molecule has 2 fully saturated rings. The number of carbonyl (C=O) groups excluding carboxylic acids is 2. The van der Waals surface area contributed by atoms with Crippen molar-refractivity contribution in [2.45, 2.75) is 69.6 Å². The molecule has 0 aromatic heterocycles. The molecule has 1 saturated heterocycles. The molecular weight excluding hydrogens is 422 g/mol. The van der Waals surface area contributed by atoms with Gasteiger partial charge >= 0.3 is 0 Å². The monoisotopic (exact) mass is 461 g/mol. The van der Waals surface area contributed by atoms with Gasteiger partial charge in [-0.3, -0.25) is 9.59 Å². The Kier molecular flexibility index (Phi) is 9.88. The minimum atomic E-state index is -0.0876. The first-order valence-electron chi connectivity index (χ1n) is 11.9. The van der Waals surface area contributed by atoms with Crippen molar-refractivity contribution in [1.82, 2.24) is 15.1 Å². The highest BCUT2D eigenvalue weighted by Gasteiger charge is 2.35. The molecule has 0 radical (unpaired) electrons. The minimum Gasteiger partial charge on any atom is -0.376 e. The largest absolute Gasteiger partial charge is 0.376 e. The van der Waals surface area contributed by atoms with Crippen LogP contribution in [0.15, 0.2) is 30.3 Å². The van der Waals surface area contributed by atoms with Crippen LogP contribution < -0.4 is 5.32 Å². The van der Waals surface area contributed by atoms with E-state index in [2.05, 4.69) is 41.9 Å². The summed E-state index contributed by atoms with van der Waals surface area (Å²) in [5.41, 5.74) is 1.44. The molecule has 3 rings (SSSR count). The topological polar surface area (TPSA) is 61.9 Å². The first-order chi connectivity index (χ1) is 15.5. The molecular formula is C25H39N3O3S. The van der Waals surface area contributed by atoms with E-state index in [0.29, 0.717) is 12.5 Å². The molecule has 1 aliphatic heterocycles. The predicted octanol–water partition coefficient (Wildman–Crippen LogP) is 3.48. The third-order valence-electron chi connectivity index (χ3n) is 6.95. The molecule has 1 aliphatic carbocycles. The Bertz CT molecular complexity index is 724. The summed E-state index contributed by atoms with van der Waals surface area (Å²) < 4.78 is 6.43. The molecule has 1 saturated carbocycles. The molecule has 2 aliphatic rings. The van der Waals surface area contributed by atoms with E-state index in [-0.39, 0.29) is 36.5 Å². The molecule has 0 unspecified atom stereocenters. The van der Waals surface area contributed by atoms with E-state index in [4.69, 9.17) is 4.74 Å². The average molecular weight is 462 g/mol. The third-order valence-corrected chi connectivity index (χ3v) is 7.40. The quantitative estimate of drug-likeness (QED) is 0.571. The van der Waals surface area contributed by atoms with E-state index < -0.39 is 0 Å². The Morgan fingerprint density at radius 2 is 1.88 bits per heavy atom. The standard InChI is InChI=1S/C25H39N3O3S/c1-19(29)27(2)16-25(30)28-15-7-10-23(26-18-32-3)24(28)17-31-22-13-11-21(12-14-22)20-8-5-4-6-9-20/h4-6,8-9,21-24,26H,7,10-18H2,1-3H3/t21?,22?,23-,24-/m0/s1. The second-order valence-corrected chi connectivity index (χ2v) is 10.00. The highest BCUT2D eigenvalue weighted by atomic mass is 32.2. The van der Waals surface area contributed by atoms with Crippen molar-refractivity contribution in [2.24, 2.45) is 0 Å². The predicted molar refractivity (Wildman–Crippen MR) is 131 cm³/mol. The molecule has 1 aromatic rings. The number of hydrogen-bond acceptors (Lipinski definition) is 5. The van der Waals surface area contributed by atoms with Gasteiger partial charge in [0.2, 0.25) is 11.8 Å². The van der Waals surface area contributed by atoms with E-state index in [1.54, 1.807) is 18.8 Å². The number of rotatable bonds is 9. The summed E-state index contributed by atoms with van der Waals surface area (Å²) >= 11 is 1.76. The molecule has 1 aromatic carbocycles. The van der Waals surface area contributed by atoms with Crippen LogP contribution in [0.3, 0.4) is 0 Å². The van der Waals surface area contributed by atoms with Gasteiger partial charge in [0.1, 0.15) is 0 Å². The number of likely N-dealkylation sites (N-methyl/N-ethyl adjacent to an activating group) is 1. The molecule has 1 N–H and O–H groups in total. The van der Waals surface area contributed by atoms with Gasteiger partial charge in [-0.1, -0.05) is 30.3 Å². The Balaban J connectivity index is 1.58. The van der Waals surface area contributed by atoms with Gasteiger partial charge in [0.25, 0.3) is 0 Å². The molecule has 2 atom stereocenters. The van der Waals surface area contributed by atoms with Crippen molar-refractivity contribution in [3.05, 3.63) is 35.9 Å². The molecule has 1 heterocycles. The Morgan fingerprint density at radius 3 is 2.53 bits per heavy atom. The fraction of sp³-hybridized carbons (Fsp3) is 0.680.